The monoisotopic (exact) mass is 275 g/mol. The van der Waals surface area contributed by atoms with E-state index in [2.05, 4.69) is 5.32 Å². The lowest BCUT2D eigenvalue weighted by Crippen LogP contribution is -2.23. The van der Waals surface area contributed by atoms with Crippen LogP contribution in [0.1, 0.15) is 18.4 Å². The number of carboxylic acid groups (broad SMARTS) is 1. The Morgan fingerprint density at radius 2 is 1.88 bits per heavy atom. The predicted molar refractivity (Wildman–Crippen MR) is 65.2 cm³/mol. The molecule has 0 atom stereocenters. The van der Waals surface area contributed by atoms with Crippen molar-refractivity contribution in [3.8, 4) is 0 Å². The number of carbonyl (C=O) groups excluding carboxylic acids is 1. The number of hydrogen-bond donors (Lipinski definition) is 2. The van der Waals surface area contributed by atoms with Gasteiger partial charge in [-0.05, 0) is 17.7 Å². The number of hydrogen-bond acceptors (Lipinski definition) is 2. The molecule has 0 bridgehead atoms. The van der Waals surface area contributed by atoms with E-state index in [1.165, 1.54) is 0 Å². The molecule has 0 aliphatic carbocycles. The van der Waals surface area contributed by atoms with Gasteiger partial charge in [0.1, 0.15) is 0 Å². The van der Waals surface area contributed by atoms with E-state index in [9.17, 15) is 9.59 Å². The summed E-state index contributed by atoms with van der Waals surface area (Å²) >= 11 is 11.6. The molecule has 4 nitrogen and oxygen atoms in total. The molecule has 0 aromatic heterocycles. The molecule has 0 aliphatic rings. The maximum absolute atomic E-state index is 11.2. The third kappa shape index (κ3) is 5.06. The zero-order valence-corrected chi connectivity index (χ0v) is 10.4. The van der Waals surface area contributed by atoms with Crippen LogP contribution in [0.2, 0.25) is 10.0 Å². The minimum Gasteiger partial charge on any atom is -0.481 e. The van der Waals surface area contributed by atoms with E-state index in [0.29, 0.717) is 16.6 Å². The Bertz CT molecular complexity index is 435. The summed E-state index contributed by atoms with van der Waals surface area (Å²) < 4.78 is 0. The van der Waals surface area contributed by atoms with Crippen LogP contribution in [0.4, 0.5) is 0 Å². The van der Waals surface area contributed by atoms with E-state index in [1.54, 1.807) is 18.2 Å². The van der Waals surface area contributed by atoms with Crippen molar-refractivity contribution in [1.29, 1.82) is 0 Å². The van der Waals surface area contributed by atoms with Gasteiger partial charge in [0.2, 0.25) is 5.91 Å². The molecule has 1 aromatic carbocycles. The van der Waals surface area contributed by atoms with Crippen molar-refractivity contribution in [2.24, 2.45) is 0 Å². The fraction of sp³-hybridized carbons (Fsp3) is 0.273. The summed E-state index contributed by atoms with van der Waals surface area (Å²) in [6.07, 6.45) is -0.205. The zero-order valence-electron chi connectivity index (χ0n) is 8.87. The highest BCUT2D eigenvalue weighted by Crippen LogP contribution is 2.22. The largest absolute Gasteiger partial charge is 0.481 e. The maximum atomic E-state index is 11.2. The van der Waals surface area contributed by atoms with E-state index in [-0.39, 0.29) is 18.7 Å². The highest BCUT2D eigenvalue weighted by atomic mass is 35.5. The van der Waals surface area contributed by atoms with Gasteiger partial charge in [0.05, 0.1) is 16.5 Å². The Balaban J connectivity index is 2.42. The van der Waals surface area contributed by atoms with Crippen molar-refractivity contribution < 1.29 is 14.7 Å². The SMILES string of the molecule is O=C(O)CCC(=O)NCc1ccc(Cl)c(Cl)c1. The fourth-order valence-electron chi connectivity index (χ4n) is 1.16. The van der Waals surface area contributed by atoms with Crippen LogP contribution in [0, 0.1) is 0 Å². The first-order chi connectivity index (χ1) is 7.99. The number of rotatable bonds is 5. The summed E-state index contributed by atoms with van der Waals surface area (Å²) in [6, 6.07) is 5.04. The predicted octanol–water partition coefficient (Wildman–Crippen LogP) is 2.47. The summed E-state index contributed by atoms with van der Waals surface area (Å²) in [5, 5.41) is 11.9. The molecule has 0 heterocycles. The van der Waals surface area contributed by atoms with Crippen LogP contribution >= 0.6 is 23.2 Å². The van der Waals surface area contributed by atoms with Gasteiger partial charge in [0, 0.05) is 13.0 Å². The molecule has 6 heteroatoms. The van der Waals surface area contributed by atoms with Gasteiger partial charge in [-0.2, -0.15) is 0 Å². The molecular weight excluding hydrogens is 265 g/mol. The topological polar surface area (TPSA) is 66.4 Å². The molecule has 0 spiro atoms. The molecule has 17 heavy (non-hydrogen) atoms. The number of nitrogens with one attached hydrogen (secondary N) is 1. The highest BCUT2D eigenvalue weighted by Gasteiger charge is 2.05. The number of benzene rings is 1. The van der Waals surface area contributed by atoms with Crippen molar-refractivity contribution in [2.75, 3.05) is 0 Å². The minimum absolute atomic E-state index is 0.0311. The second kappa shape index (κ2) is 6.47. The molecule has 0 unspecified atom stereocenters. The molecular formula is C11H11Cl2NO3. The third-order valence-corrected chi connectivity index (χ3v) is 2.78. The van der Waals surface area contributed by atoms with Gasteiger partial charge in [0.25, 0.3) is 0 Å². The Morgan fingerprint density at radius 1 is 1.18 bits per heavy atom. The van der Waals surface area contributed by atoms with Gasteiger partial charge in [-0.15, -0.1) is 0 Å². The normalized spacial score (nSPS) is 10.0. The van der Waals surface area contributed by atoms with E-state index >= 15 is 0 Å². The Hall–Kier alpha value is -1.26. The standard InChI is InChI=1S/C11H11Cl2NO3/c12-8-2-1-7(5-9(8)13)6-14-10(15)3-4-11(16)17/h1-2,5H,3-4,6H2,(H,14,15)(H,16,17). The summed E-state index contributed by atoms with van der Waals surface area (Å²) in [5.74, 6) is -1.30. The highest BCUT2D eigenvalue weighted by molar-refractivity contribution is 6.42. The quantitative estimate of drug-likeness (QED) is 0.868. The molecule has 0 radical (unpaired) electrons. The van der Waals surface area contributed by atoms with Gasteiger partial charge in [0.15, 0.2) is 0 Å². The van der Waals surface area contributed by atoms with Crippen LogP contribution in [0.3, 0.4) is 0 Å². The maximum Gasteiger partial charge on any atom is 0.303 e. The number of carboxylic acids is 1. The van der Waals surface area contributed by atoms with E-state index in [4.69, 9.17) is 28.3 Å². The van der Waals surface area contributed by atoms with Crippen molar-refractivity contribution in [1.82, 2.24) is 5.32 Å². The van der Waals surface area contributed by atoms with E-state index in [0.717, 1.165) is 5.56 Å². The van der Waals surface area contributed by atoms with Crippen molar-refractivity contribution in [2.45, 2.75) is 19.4 Å². The molecule has 0 aliphatic heterocycles. The van der Waals surface area contributed by atoms with Gasteiger partial charge < -0.3 is 10.4 Å². The first-order valence-corrected chi connectivity index (χ1v) is 5.67. The van der Waals surface area contributed by atoms with E-state index in [1.807, 2.05) is 0 Å². The van der Waals surface area contributed by atoms with Crippen molar-refractivity contribution in [3.05, 3.63) is 33.8 Å². The van der Waals surface area contributed by atoms with Crippen molar-refractivity contribution in [3.63, 3.8) is 0 Å². The molecule has 2 N–H and O–H groups in total. The second-order valence-corrected chi connectivity index (χ2v) is 4.23. The number of amides is 1. The molecule has 1 rings (SSSR count). The molecule has 1 aromatic rings. The smallest absolute Gasteiger partial charge is 0.303 e. The van der Waals surface area contributed by atoms with Crippen LogP contribution in [0.15, 0.2) is 18.2 Å². The van der Waals surface area contributed by atoms with Crippen LogP contribution in [0.5, 0.6) is 0 Å². The lowest BCUT2D eigenvalue weighted by Gasteiger charge is -2.05. The zero-order chi connectivity index (χ0) is 12.8. The van der Waals surface area contributed by atoms with Gasteiger partial charge in [-0.25, -0.2) is 0 Å². The van der Waals surface area contributed by atoms with Gasteiger partial charge >= 0.3 is 5.97 Å². The Kier molecular flexibility index (Phi) is 5.25. The van der Waals surface area contributed by atoms with Crippen molar-refractivity contribution >= 4 is 35.1 Å². The molecule has 0 saturated heterocycles. The summed E-state index contributed by atoms with van der Waals surface area (Å²) in [4.78, 5) is 21.5. The molecule has 0 fully saturated rings. The van der Waals surface area contributed by atoms with Crippen LogP contribution in [-0.2, 0) is 16.1 Å². The van der Waals surface area contributed by atoms with Crippen LogP contribution in [-0.4, -0.2) is 17.0 Å². The van der Waals surface area contributed by atoms with Gasteiger partial charge in [-0.3, -0.25) is 9.59 Å². The first kappa shape index (κ1) is 13.8. The number of halogens is 2. The lowest BCUT2D eigenvalue weighted by atomic mass is 10.2. The average Bonchev–Trinajstić information content (AvgIpc) is 2.28. The summed E-state index contributed by atoms with van der Waals surface area (Å²) in [6.45, 7) is 0.301. The first-order valence-electron chi connectivity index (χ1n) is 4.91. The third-order valence-electron chi connectivity index (χ3n) is 2.04. The van der Waals surface area contributed by atoms with Crippen LogP contribution in [0.25, 0.3) is 0 Å². The van der Waals surface area contributed by atoms with Gasteiger partial charge in [-0.1, -0.05) is 29.3 Å². The second-order valence-electron chi connectivity index (χ2n) is 3.42. The Morgan fingerprint density at radius 3 is 2.47 bits per heavy atom. The molecule has 92 valence electrons. The van der Waals surface area contributed by atoms with Crippen LogP contribution < -0.4 is 5.32 Å². The Labute approximate surface area is 109 Å². The molecule has 1 amide bonds. The average molecular weight is 276 g/mol. The summed E-state index contributed by atoms with van der Waals surface area (Å²) in [7, 11) is 0. The molecule has 0 saturated carbocycles. The fourth-order valence-corrected chi connectivity index (χ4v) is 1.48. The number of aliphatic carboxylic acids is 1. The summed E-state index contributed by atoms with van der Waals surface area (Å²) in [5.41, 5.74) is 0.808. The number of carbonyl (C=O) groups is 2. The lowest BCUT2D eigenvalue weighted by molar-refractivity contribution is -0.138. The van der Waals surface area contributed by atoms with E-state index < -0.39 is 5.97 Å². The minimum atomic E-state index is -0.991.